The zero-order chi connectivity index (χ0) is 19.3. The molecule has 0 amide bonds. The molecule has 0 saturated heterocycles. The quantitative estimate of drug-likeness (QED) is 0.733. The van der Waals surface area contributed by atoms with E-state index >= 15 is 0 Å². The van der Waals surface area contributed by atoms with E-state index in [1.165, 1.54) is 36.1 Å². The molecular formula is C22H26O4. The predicted octanol–water partition coefficient (Wildman–Crippen LogP) is 4.71. The van der Waals surface area contributed by atoms with Crippen LogP contribution < -0.4 is 0 Å². The van der Waals surface area contributed by atoms with E-state index in [2.05, 4.69) is 24.3 Å². The molecule has 1 aliphatic rings. The van der Waals surface area contributed by atoms with E-state index in [0.29, 0.717) is 6.61 Å². The Morgan fingerprint density at radius 1 is 0.846 bits per heavy atom. The summed E-state index contributed by atoms with van der Waals surface area (Å²) in [5, 5.41) is 0. The minimum Gasteiger partial charge on any atom is -0.465 e. The number of hydrogen-bond acceptors (Lipinski definition) is 4. The lowest BCUT2D eigenvalue weighted by Gasteiger charge is -2.17. The van der Waals surface area contributed by atoms with E-state index in [1.807, 2.05) is 45.0 Å². The van der Waals surface area contributed by atoms with Gasteiger partial charge in [0, 0.05) is 19.8 Å². The summed E-state index contributed by atoms with van der Waals surface area (Å²) in [6.45, 7) is 8.80. The van der Waals surface area contributed by atoms with Gasteiger partial charge in [-0.1, -0.05) is 48.5 Å². The minimum atomic E-state index is -0.328. The number of hydrogen-bond donors (Lipinski definition) is 0. The second-order valence-corrected chi connectivity index (χ2v) is 7.24. The van der Waals surface area contributed by atoms with Gasteiger partial charge in [-0.3, -0.25) is 9.59 Å². The molecule has 0 N–H and O–H groups in total. The molecule has 4 nitrogen and oxygen atoms in total. The Kier molecular flexibility index (Phi) is 6.19. The topological polar surface area (TPSA) is 52.6 Å². The van der Waals surface area contributed by atoms with Crippen LogP contribution >= 0.6 is 0 Å². The lowest BCUT2D eigenvalue weighted by molar-refractivity contribution is -0.152. The molecular weight excluding hydrogens is 328 g/mol. The van der Waals surface area contributed by atoms with Crippen LogP contribution in [0.3, 0.4) is 0 Å². The van der Waals surface area contributed by atoms with Crippen LogP contribution in [0, 0.1) is 0 Å². The van der Waals surface area contributed by atoms with Gasteiger partial charge in [-0.2, -0.15) is 0 Å². The average Bonchev–Trinajstić information content (AvgIpc) is 2.85. The first-order chi connectivity index (χ1) is 12.2. The fraction of sp³-hybridized carbons (Fsp3) is 0.364. The third-order valence-corrected chi connectivity index (χ3v) is 3.87. The van der Waals surface area contributed by atoms with Gasteiger partial charge in [-0.05, 0) is 43.0 Å². The van der Waals surface area contributed by atoms with Crippen LogP contribution in [0.2, 0.25) is 0 Å². The van der Waals surface area contributed by atoms with Crippen molar-refractivity contribution in [3.8, 4) is 11.1 Å². The van der Waals surface area contributed by atoms with Crippen LogP contribution in [-0.4, -0.2) is 24.1 Å². The van der Waals surface area contributed by atoms with Gasteiger partial charge in [0.15, 0.2) is 0 Å². The third-order valence-electron chi connectivity index (χ3n) is 3.87. The van der Waals surface area contributed by atoms with Crippen LogP contribution in [0.15, 0.2) is 48.5 Å². The van der Waals surface area contributed by atoms with Crippen LogP contribution in [0.1, 0.15) is 51.7 Å². The summed E-state index contributed by atoms with van der Waals surface area (Å²) in [6, 6.07) is 16.6. The second kappa shape index (κ2) is 8.17. The molecule has 0 fully saturated rings. The Labute approximate surface area is 155 Å². The summed E-state index contributed by atoms with van der Waals surface area (Å²) >= 11 is 0. The fourth-order valence-electron chi connectivity index (χ4n) is 3.07. The molecule has 4 heteroatoms. The molecule has 0 spiro atoms. The molecule has 0 bridgehead atoms. The van der Waals surface area contributed by atoms with Crippen LogP contribution in [0.4, 0.5) is 0 Å². The maximum Gasteiger partial charge on any atom is 0.303 e. The molecule has 0 unspecified atom stereocenters. The van der Waals surface area contributed by atoms with E-state index in [-0.39, 0.29) is 23.5 Å². The van der Waals surface area contributed by atoms with E-state index in [9.17, 15) is 9.59 Å². The van der Waals surface area contributed by atoms with Crippen molar-refractivity contribution in [3.63, 3.8) is 0 Å². The van der Waals surface area contributed by atoms with Crippen LogP contribution in [-0.2, 0) is 19.1 Å². The normalized spacial score (nSPS) is 12.3. The lowest BCUT2D eigenvalue weighted by atomic mass is 9.98. The van der Waals surface area contributed by atoms with Gasteiger partial charge >= 0.3 is 11.9 Å². The Balaban J connectivity index is 0.000000260. The SMILES string of the molecule is CC(=O)OC(C)(C)C.CC(=O)OCC1c2ccccc2-c2ccccc21. The summed E-state index contributed by atoms with van der Waals surface area (Å²) in [4.78, 5) is 21.2. The van der Waals surface area contributed by atoms with E-state index < -0.39 is 0 Å². The van der Waals surface area contributed by atoms with E-state index in [1.54, 1.807) is 0 Å². The molecule has 26 heavy (non-hydrogen) atoms. The number of esters is 2. The molecule has 0 aliphatic heterocycles. The highest BCUT2D eigenvalue weighted by Gasteiger charge is 2.28. The fourth-order valence-corrected chi connectivity index (χ4v) is 3.07. The highest BCUT2D eigenvalue weighted by Crippen LogP contribution is 2.44. The van der Waals surface area contributed by atoms with Crippen molar-refractivity contribution in [2.45, 2.75) is 46.1 Å². The Morgan fingerprint density at radius 3 is 1.65 bits per heavy atom. The Hall–Kier alpha value is -2.62. The molecule has 2 aromatic carbocycles. The monoisotopic (exact) mass is 354 g/mol. The van der Waals surface area contributed by atoms with Gasteiger partial charge in [0.25, 0.3) is 0 Å². The summed E-state index contributed by atoms with van der Waals surface area (Å²) in [5.74, 6) is -0.282. The first kappa shape index (κ1) is 19.7. The van der Waals surface area contributed by atoms with Gasteiger partial charge < -0.3 is 9.47 Å². The maximum atomic E-state index is 11.0. The van der Waals surface area contributed by atoms with E-state index in [4.69, 9.17) is 9.47 Å². The second-order valence-electron chi connectivity index (χ2n) is 7.24. The lowest BCUT2D eigenvalue weighted by Crippen LogP contribution is -2.21. The number of ether oxygens (including phenoxy) is 2. The Morgan fingerprint density at radius 2 is 1.31 bits per heavy atom. The predicted molar refractivity (Wildman–Crippen MR) is 102 cm³/mol. The van der Waals surface area contributed by atoms with Crippen molar-refractivity contribution >= 4 is 11.9 Å². The van der Waals surface area contributed by atoms with Crippen molar-refractivity contribution in [1.82, 2.24) is 0 Å². The zero-order valence-electron chi connectivity index (χ0n) is 16.0. The molecule has 2 aromatic rings. The van der Waals surface area contributed by atoms with Crippen molar-refractivity contribution < 1.29 is 19.1 Å². The van der Waals surface area contributed by atoms with Crippen molar-refractivity contribution in [2.24, 2.45) is 0 Å². The molecule has 0 atom stereocenters. The van der Waals surface area contributed by atoms with Gasteiger partial charge in [-0.25, -0.2) is 0 Å². The molecule has 3 rings (SSSR count). The molecule has 0 aromatic heterocycles. The largest absolute Gasteiger partial charge is 0.465 e. The summed E-state index contributed by atoms with van der Waals surface area (Å²) in [5.41, 5.74) is 4.68. The molecule has 1 aliphatic carbocycles. The number of rotatable bonds is 2. The number of benzene rings is 2. The van der Waals surface area contributed by atoms with Crippen LogP contribution in [0.5, 0.6) is 0 Å². The summed E-state index contributed by atoms with van der Waals surface area (Å²) < 4.78 is 10.00. The molecule has 0 heterocycles. The third kappa shape index (κ3) is 5.19. The Bertz CT molecular complexity index is 741. The molecule has 0 radical (unpaired) electrons. The molecule has 0 saturated carbocycles. The zero-order valence-corrected chi connectivity index (χ0v) is 16.0. The van der Waals surface area contributed by atoms with Crippen molar-refractivity contribution in [3.05, 3.63) is 59.7 Å². The average molecular weight is 354 g/mol. The summed E-state index contributed by atoms with van der Waals surface area (Å²) in [6.07, 6.45) is 0. The number of carbonyl (C=O) groups excluding carboxylic acids is 2. The van der Waals surface area contributed by atoms with Crippen LogP contribution in [0.25, 0.3) is 11.1 Å². The van der Waals surface area contributed by atoms with Crippen molar-refractivity contribution in [2.75, 3.05) is 6.61 Å². The van der Waals surface area contributed by atoms with Gasteiger partial charge in [-0.15, -0.1) is 0 Å². The number of fused-ring (bicyclic) bond motifs is 3. The highest BCUT2D eigenvalue weighted by atomic mass is 16.6. The maximum absolute atomic E-state index is 11.0. The first-order valence-corrected chi connectivity index (χ1v) is 8.70. The van der Waals surface area contributed by atoms with Gasteiger partial charge in [0.1, 0.15) is 12.2 Å². The van der Waals surface area contributed by atoms with E-state index in [0.717, 1.165) is 0 Å². The smallest absolute Gasteiger partial charge is 0.303 e. The van der Waals surface area contributed by atoms with Crippen molar-refractivity contribution in [1.29, 1.82) is 0 Å². The number of carbonyl (C=O) groups is 2. The first-order valence-electron chi connectivity index (χ1n) is 8.70. The minimum absolute atomic E-state index is 0.168. The standard InChI is InChI=1S/C16H14O2.C6H12O2/c1-11(17)18-10-16-14-8-4-2-6-12(14)13-7-3-5-9-15(13)16;1-5(7)8-6(2,3)4/h2-9,16H,10H2,1H3;1-4H3. The highest BCUT2D eigenvalue weighted by molar-refractivity contribution is 5.79. The van der Waals surface area contributed by atoms with Gasteiger partial charge in [0.05, 0.1) is 0 Å². The van der Waals surface area contributed by atoms with Gasteiger partial charge in [0.2, 0.25) is 0 Å². The molecule has 138 valence electrons. The summed E-state index contributed by atoms with van der Waals surface area (Å²) in [7, 11) is 0.